The zero-order valence-electron chi connectivity index (χ0n) is 18.0. The number of hydrogen-bond donors (Lipinski definition) is 3. The molecule has 4 N–H and O–H groups in total. The fourth-order valence-corrected chi connectivity index (χ4v) is 4.68. The highest BCUT2D eigenvalue weighted by Gasteiger charge is 2.31. The maximum Gasteiger partial charge on any atom is 0.256 e. The maximum atomic E-state index is 13.9. The van der Waals surface area contributed by atoms with Crippen molar-refractivity contribution in [2.24, 2.45) is 0 Å². The number of halogens is 1. The Morgan fingerprint density at radius 1 is 1.19 bits per heavy atom. The molecule has 0 spiro atoms. The number of ether oxygens (including phenoxy) is 1. The summed E-state index contributed by atoms with van der Waals surface area (Å²) >= 11 is 0. The number of benzene rings is 1. The van der Waals surface area contributed by atoms with Crippen LogP contribution in [0.1, 0.15) is 32.9 Å². The minimum absolute atomic E-state index is 0.00414. The van der Waals surface area contributed by atoms with Gasteiger partial charge in [0, 0.05) is 56.1 Å². The van der Waals surface area contributed by atoms with E-state index in [4.69, 9.17) is 10.5 Å². The number of amides is 2. The van der Waals surface area contributed by atoms with Gasteiger partial charge < -0.3 is 25.7 Å². The van der Waals surface area contributed by atoms with Crippen LogP contribution in [0, 0.1) is 12.7 Å². The van der Waals surface area contributed by atoms with Crippen molar-refractivity contribution < 1.29 is 18.7 Å². The predicted octanol–water partition coefficient (Wildman–Crippen LogP) is 1.87. The highest BCUT2D eigenvalue weighted by atomic mass is 19.1. The summed E-state index contributed by atoms with van der Waals surface area (Å²) in [6, 6.07) is 2.48. The molecule has 8 nitrogen and oxygen atoms in total. The van der Waals surface area contributed by atoms with E-state index in [1.807, 2.05) is 11.8 Å². The smallest absolute Gasteiger partial charge is 0.256 e. The van der Waals surface area contributed by atoms with Crippen molar-refractivity contribution in [3.8, 4) is 0 Å². The molecule has 0 atom stereocenters. The lowest BCUT2D eigenvalue weighted by atomic mass is 10.0. The van der Waals surface area contributed by atoms with E-state index in [9.17, 15) is 14.0 Å². The number of anilines is 2. The molecule has 1 aromatic carbocycles. The van der Waals surface area contributed by atoms with E-state index in [0.29, 0.717) is 41.2 Å². The van der Waals surface area contributed by atoms with Crippen molar-refractivity contribution >= 4 is 34.8 Å². The Hall–Kier alpha value is -3.17. The summed E-state index contributed by atoms with van der Waals surface area (Å²) in [5, 5.41) is 2.71. The second kappa shape index (κ2) is 8.07. The Morgan fingerprint density at radius 3 is 2.75 bits per heavy atom. The summed E-state index contributed by atoms with van der Waals surface area (Å²) in [4.78, 5) is 33.3. The van der Waals surface area contributed by atoms with Crippen LogP contribution < -0.4 is 11.1 Å². The van der Waals surface area contributed by atoms with Crippen molar-refractivity contribution in [3.05, 3.63) is 46.0 Å². The van der Waals surface area contributed by atoms with Gasteiger partial charge in [0.25, 0.3) is 11.8 Å². The van der Waals surface area contributed by atoms with Crippen LogP contribution in [0.3, 0.4) is 0 Å². The van der Waals surface area contributed by atoms with Gasteiger partial charge in [-0.3, -0.25) is 14.5 Å². The molecule has 0 saturated carbocycles. The zero-order valence-corrected chi connectivity index (χ0v) is 18.0. The first kappa shape index (κ1) is 20.7. The first-order valence-corrected chi connectivity index (χ1v) is 10.9. The van der Waals surface area contributed by atoms with E-state index in [1.54, 1.807) is 6.08 Å². The molecule has 2 amide bonds. The van der Waals surface area contributed by atoms with Gasteiger partial charge >= 0.3 is 0 Å². The normalized spacial score (nSPS) is 19.9. The molecule has 0 aliphatic carbocycles. The Labute approximate surface area is 185 Å². The van der Waals surface area contributed by atoms with Crippen LogP contribution in [-0.2, 0) is 16.0 Å². The molecule has 0 bridgehead atoms. The Bertz CT molecular complexity index is 1130. The van der Waals surface area contributed by atoms with E-state index < -0.39 is 5.82 Å². The van der Waals surface area contributed by atoms with Crippen molar-refractivity contribution in [1.29, 1.82) is 0 Å². The molecule has 2 aromatic rings. The van der Waals surface area contributed by atoms with E-state index in [1.165, 1.54) is 12.1 Å². The van der Waals surface area contributed by atoms with Gasteiger partial charge in [0.15, 0.2) is 0 Å². The molecule has 1 aromatic heterocycles. The number of H-pyrrole nitrogens is 1. The van der Waals surface area contributed by atoms with Crippen LogP contribution in [0.15, 0.2) is 12.1 Å². The molecule has 4 heterocycles. The van der Waals surface area contributed by atoms with Crippen molar-refractivity contribution in [2.75, 3.05) is 57.0 Å². The summed E-state index contributed by atoms with van der Waals surface area (Å²) < 4.78 is 19.3. The number of aromatic amines is 1. The summed E-state index contributed by atoms with van der Waals surface area (Å²) in [5.41, 5.74) is 10.2. The molecule has 1 fully saturated rings. The molecule has 32 heavy (non-hydrogen) atoms. The summed E-state index contributed by atoms with van der Waals surface area (Å²) in [6.45, 7) is 7.28. The summed E-state index contributed by atoms with van der Waals surface area (Å²) in [7, 11) is 0. The first-order valence-electron chi connectivity index (χ1n) is 10.9. The van der Waals surface area contributed by atoms with Crippen LogP contribution in [0.2, 0.25) is 0 Å². The SMILES string of the molecule is Cc1c(C=C2C(=O)Nc3c(N)cc(F)cc32)[nH]c2c1C(=O)N(CCN1CCOCC1)CC2. The number of aromatic nitrogens is 1. The highest BCUT2D eigenvalue weighted by Crippen LogP contribution is 2.38. The van der Waals surface area contributed by atoms with Crippen LogP contribution in [0.4, 0.5) is 15.8 Å². The first-order chi connectivity index (χ1) is 15.4. The fraction of sp³-hybridized carbons (Fsp3) is 0.391. The number of carbonyl (C=O) groups excluding carboxylic acids is 2. The zero-order chi connectivity index (χ0) is 22.4. The van der Waals surface area contributed by atoms with E-state index in [0.717, 1.165) is 50.5 Å². The van der Waals surface area contributed by atoms with Crippen LogP contribution >= 0.6 is 0 Å². The van der Waals surface area contributed by atoms with Gasteiger partial charge in [0.05, 0.1) is 35.7 Å². The lowest BCUT2D eigenvalue weighted by Gasteiger charge is -2.32. The van der Waals surface area contributed by atoms with E-state index in [-0.39, 0.29) is 17.5 Å². The number of rotatable bonds is 4. The van der Waals surface area contributed by atoms with Gasteiger partial charge in [-0.15, -0.1) is 0 Å². The number of nitrogens with one attached hydrogen (secondary N) is 2. The number of nitrogens with two attached hydrogens (primary N) is 1. The van der Waals surface area contributed by atoms with Gasteiger partial charge in [0.1, 0.15) is 5.82 Å². The topological polar surface area (TPSA) is 104 Å². The van der Waals surface area contributed by atoms with Crippen LogP contribution in [0.25, 0.3) is 11.6 Å². The van der Waals surface area contributed by atoms with Gasteiger partial charge in [-0.1, -0.05) is 0 Å². The molecule has 1 saturated heterocycles. The number of nitrogens with zero attached hydrogens (tertiary/aromatic N) is 2. The summed E-state index contributed by atoms with van der Waals surface area (Å²) in [5.74, 6) is -0.843. The van der Waals surface area contributed by atoms with Crippen LogP contribution in [-0.4, -0.2) is 72.5 Å². The van der Waals surface area contributed by atoms with E-state index >= 15 is 0 Å². The molecule has 0 radical (unpaired) electrons. The number of nitrogen functional groups attached to an aromatic ring is 1. The number of hydrogen-bond acceptors (Lipinski definition) is 5. The molecule has 0 unspecified atom stereocenters. The molecule has 168 valence electrons. The van der Waals surface area contributed by atoms with Gasteiger partial charge in [-0.25, -0.2) is 4.39 Å². The van der Waals surface area contributed by atoms with Crippen LogP contribution in [0.5, 0.6) is 0 Å². The second-order valence-corrected chi connectivity index (χ2v) is 8.44. The monoisotopic (exact) mass is 439 g/mol. The average molecular weight is 439 g/mol. The lowest BCUT2D eigenvalue weighted by molar-refractivity contribution is -0.110. The third-order valence-electron chi connectivity index (χ3n) is 6.48. The third-order valence-corrected chi connectivity index (χ3v) is 6.48. The minimum atomic E-state index is -0.503. The number of morpholine rings is 1. The standard InChI is InChI=1S/C23H26FN5O3/c1-13-19(12-16-15-10-14(24)11-17(25)21(15)27-22(16)30)26-18-2-3-29(23(31)20(13)18)5-4-28-6-8-32-9-7-28/h10-12,26H,2-9,25H2,1H3,(H,27,30). The average Bonchev–Trinajstić information content (AvgIpc) is 3.26. The van der Waals surface area contributed by atoms with Gasteiger partial charge in [0.2, 0.25) is 0 Å². The Balaban J connectivity index is 1.40. The fourth-order valence-electron chi connectivity index (χ4n) is 4.68. The molecular formula is C23H26FN5O3. The van der Waals surface area contributed by atoms with Gasteiger partial charge in [-0.05, 0) is 30.7 Å². The second-order valence-electron chi connectivity index (χ2n) is 8.44. The molecule has 5 rings (SSSR count). The summed E-state index contributed by atoms with van der Waals surface area (Å²) in [6.07, 6.45) is 2.40. The Morgan fingerprint density at radius 2 is 1.97 bits per heavy atom. The molecule has 9 heteroatoms. The highest BCUT2D eigenvalue weighted by molar-refractivity contribution is 6.36. The molecule has 3 aliphatic heterocycles. The van der Waals surface area contributed by atoms with Crippen molar-refractivity contribution in [2.45, 2.75) is 13.3 Å². The third kappa shape index (κ3) is 3.57. The quantitative estimate of drug-likeness (QED) is 0.499. The lowest BCUT2D eigenvalue weighted by Crippen LogP contribution is -2.45. The van der Waals surface area contributed by atoms with Crippen molar-refractivity contribution in [3.63, 3.8) is 0 Å². The predicted molar refractivity (Wildman–Crippen MR) is 120 cm³/mol. The van der Waals surface area contributed by atoms with Gasteiger partial charge in [-0.2, -0.15) is 0 Å². The number of carbonyl (C=O) groups is 2. The van der Waals surface area contributed by atoms with E-state index in [2.05, 4.69) is 15.2 Å². The van der Waals surface area contributed by atoms with Crippen molar-refractivity contribution in [1.82, 2.24) is 14.8 Å². The number of fused-ring (bicyclic) bond motifs is 2. The molecular weight excluding hydrogens is 413 g/mol. The largest absolute Gasteiger partial charge is 0.397 e. The maximum absolute atomic E-state index is 13.9. The Kier molecular flexibility index (Phi) is 5.22. The minimum Gasteiger partial charge on any atom is -0.397 e. The molecule has 3 aliphatic rings.